The van der Waals surface area contributed by atoms with E-state index in [1.165, 1.54) is 0 Å². The van der Waals surface area contributed by atoms with Crippen molar-refractivity contribution in [3.63, 3.8) is 0 Å². The third-order valence-electron chi connectivity index (χ3n) is 1.05. The maximum atomic E-state index is 10.7. The van der Waals surface area contributed by atoms with Gasteiger partial charge in [-0.15, -0.1) is 0 Å². The minimum Gasteiger partial charge on any atom is -0.328 e. The highest BCUT2D eigenvalue weighted by Crippen LogP contribution is 2.04. The summed E-state index contributed by atoms with van der Waals surface area (Å²) in [5.41, 5.74) is 0.697. The lowest BCUT2D eigenvalue weighted by atomic mass is 10.3. The van der Waals surface area contributed by atoms with Gasteiger partial charge in [-0.05, 0) is 28.9 Å². The topological polar surface area (TPSA) is 32.9 Å². The Balaban J connectivity index is 0.000000461. The van der Waals surface area contributed by atoms with Crippen molar-refractivity contribution in [1.82, 2.24) is 4.98 Å². The first kappa shape index (κ1) is 10.4. The molecule has 0 spiro atoms. The number of hydrogen-bond donors (Lipinski definition) is 1. The molecule has 0 bridgehead atoms. The number of hydrogen-bond acceptors (Lipinski definition) is 1. The van der Waals surface area contributed by atoms with Gasteiger partial charge in [-0.1, -0.05) is 13.8 Å². The second kappa shape index (κ2) is 5.13. The predicted molar refractivity (Wildman–Crippen MR) is 50.8 cm³/mol. The number of rotatable bonds is 0. The summed E-state index contributed by atoms with van der Waals surface area (Å²) in [5.74, 6) is 0. The van der Waals surface area contributed by atoms with Crippen LogP contribution in [-0.2, 0) is 0 Å². The molecule has 0 saturated carbocycles. The average molecular weight is 218 g/mol. The van der Waals surface area contributed by atoms with Crippen LogP contribution in [0.3, 0.4) is 0 Å². The summed E-state index contributed by atoms with van der Waals surface area (Å²) < 4.78 is 0.902. The minimum absolute atomic E-state index is 0.0294. The van der Waals surface area contributed by atoms with E-state index in [1.54, 1.807) is 19.2 Å². The zero-order valence-electron chi connectivity index (χ0n) is 6.94. The van der Waals surface area contributed by atoms with E-state index >= 15 is 0 Å². The standard InChI is InChI=1S/C6H6BrNO.C2H6/c1-4-2-5(7)3-8-6(4)9;1-2/h2-3H,1H3,(H,8,9);1-2H3. The van der Waals surface area contributed by atoms with E-state index in [4.69, 9.17) is 0 Å². The van der Waals surface area contributed by atoms with Gasteiger partial charge >= 0.3 is 0 Å². The summed E-state index contributed by atoms with van der Waals surface area (Å²) in [6.45, 7) is 5.77. The van der Waals surface area contributed by atoms with Crippen molar-refractivity contribution < 1.29 is 0 Å². The maximum Gasteiger partial charge on any atom is 0.250 e. The molecular weight excluding hydrogens is 206 g/mol. The molecule has 0 aromatic carbocycles. The van der Waals surface area contributed by atoms with Crippen LogP contribution in [0.4, 0.5) is 0 Å². The molecule has 0 aliphatic heterocycles. The van der Waals surface area contributed by atoms with Crippen molar-refractivity contribution in [2.24, 2.45) is 0 Å². The largest absolute Gasteiger partial charge is 0.328 e. The first-order valence-electron chi connectivity index (χ1n) is 3.55. The van der Waals surface area contributed by atoms with Gasteiger partial charge in [-0.2, -0.15) is 0 Å². The molecule has 1 aromatic heterocycles. The van der Waals surface area contributed by atoms with Gasteiger partial charge in [0, 0.05) is 16.2 Å². The zero-order chi connectivity index (χ0) is 8.85. The summed E-state index contributed by atoms with van der Waals surface area (Å²) in [6.07, 6.45) is 1.62. The predicted octanol–water partition coefficient (Wildman–Crippen LogP) is 2.47. The molecule has 2 nitrogen and oxygen atoms in total. The van der Waals surface area contributed by atoms with Gasteiger partial charge in [-0.25, -0.2) is 0 Å². The summed E-state index contributed by atoms with van der Waals surface area (Å²) in [5, 5.41) is 0. The van der Waals surface area contributed by atoms with Gasteiger partial charge in [0.2, 0.25) is 0 Å². The van der Waals surface area contributed by atoms with E-state index in [9.17, 15) is 4.79 Å². The summed E-state index contributed by atoms with van der Waals surface area (Å²) in [7, 11) is 0. The molecule has 0 atom stereocenters. The van der Waals surface area contributed by atoms with Crippen LogP contribution in [0.15, 0.2) is 21.5 Å². The van der Waals surface area contributed by atoms with Crippen molar-refractivity contribution in [3.05, 3.63) is 32.7 Å². The van der Waals surface area contributed by atoms with Crippen LogP contribution in [0.2, 0.25) is 0 Å². The van der Waals surface area contributed by atoms with Gasteiger partial charge < -0.3 is 4.98 Å². The Labute approximate surface area is 74.8 Å². The average Bonchev–Trinajstić information content (AvgIpc) is 2.02. The van der Waals surface area contributed by atoms with Crippen LogP contribution in [0.5, 0.6) is 0 Å². The Kier molecular flexibility index (Phi) is 4.86. The van der Waals surface area contributed by atoms with Crippen molar-refractivity contribution in [3.8, 4) is 0 Å². The van der Waals surface area contributed by atoms with E-state index in [-0.39, 0.29) is 5.56 Å². The molecule has 1 heterocycles. The normalized spacial score (nSPS) is 8.36. The Morgan fingerprint density at radius 2 is 2.00 bits per heavy atom. The molecule has 0 fully saturated rings. The van der Waals surface area contributed by atoms with Crippen molar-refractivity contribution in [1.29, 1.82) is 0 Å². The molecule has 11 heavy (non-hydrogen) atoms. The fraction of sp³-hybridized carbons (Fsp3) is 0.375. The van der Waals surface area contributed by atoms with E-state index in [2.05, 4.69) is 20.9 Å². The highest BCUT2D eigenvalue weighted by atomic mass is 79.9. The van der Waals surface area contributed by atoms with Crippen molar-refractivity contribution >= 4 is 15.9 Å². The quantitative estimate of drug-likeness (QED) is 0.712. The van der Waals surface area contributed by atoms with Gasteiger partial charge in [0.25, 0.3) is 5.56 Å². The third kappa shape index (κ3) is 3.37. The number of aryl methyl sites for hydroxylation is 1. The van der Waals surface area contributed by atoms with Crippen LogP contribution in [-0.4, -0.2) is 4.98 Å². The van der Waals surface area contributed by atoms with Crippen molar-refractivity contribution in [2.45, 2.75) is 20.8 Å². The third-order valence-corrected chi connectivity index (χ3v) is 1.51. The van der Waals surface area contributed by atoms with Gasteiger partial charge in [0.05, 0.1) is 0 Å². The first-order valence-corrected chi connectivity index (χ1v) is 4.34. The molecule has 0 aliphatic rings. The lowest BCUT2D eigenvalue weighted by molar-refractivity contribution is 1.17. The zero-order valence-corrected chi connectivity index (χ0v) is 8.53. The monoisotopic (exact) mass is 217 g/mol. The fourth-order valence-electron chi connectivity index (χ4n) is 0.562. The molecule has 62 valence electrons. The lowest BCUT2D eigenvalue weighted by Crippen LogP contribution is -2.06. The molecule has 3 heteroatoms. The highest BCUT2D eigenvalue weighted by molar-refractivity contribution is 9.10. The molecule has 1 N–H and O–H groups in total. The summed E-state index contributed by atoms with van der Waals surface area (Å²) in [4.78, 5) is 13.3. The molecule has 0 amide bonds. The minimum atomic E-state index is -0.0294. The van der Waals surface area contributed by atoms with E-state index in [0.29, 0.717) is 0 Å². The molecular formula is C8H12BrNO. The van der Waals surface area contributed by atoms with Crippen LogP contribution < -0.4 is 5.56 Å². The van der Waals surface area contributed by atoms with E-state index < -0.39 is 0 Å². The first-order chi connectivity index (χ1) is 5.20. The molecule has 1 rings (SSSR count). The number of nitrogens with one attached hydrogen (secondary N) is 1. The number of aromatic amines is 1. The lowest BCUT2D eigenvalue weighted by Gasteiger charge is -1.89. The summed E-state index contributed by atoms with van der Waals surface area (Å²) >= 11 is 3.23. The molecule has 0 radical (unpaired) electrons. The molecule has 0 unspecified atom stereocenters. The molecule has 1 aromatic rings. The maximum absolute atomic E-state index is 10.7. The fourth-order valence-corrected chi connectivity index (χ4v) is 1.02. The Morgan fingerprint density at radius 1 is 1.45 bits per heavy atom. The Hall–Kier alpha value is -0.570. The van der Waals surface area contributed by atoms with Crippen LogP contribution in [0.1, 0.15) is 19.4 Å². The van der Waals surface area contributed by atoms with E-state index in [0.717, 1.165) is 10.0 Å². The number of pyridine rings is 1. The second-order valence-electron chi connectivity index (χ2n) is 1.83. The number of halogens is 1. The summed E-state index contributed by atoms with van der Waals surface area (Å²) in [6, 6.07) is 1.78. The Morgan fingerprint density at radius 3 is 2.36 bits per heavy atom. The van der Waals surface area contributed by atoms with Crippen LogP contribution in [0.25, 0.3) is 0 Å². The van der Waals surface area contributed by atoms with E-state index in [1.807, 2.05) is 13.8 Å². The van der Waals surface area contributed by atoms with Gasteiger partial charge in [0.15, 0.2) is 0 Å². The van der Waals surface area contributed by atoms with Gasteiger partial charge in [0.1, 0.15) is 0 Å². The second-order valence-corrected chi connectivity index (χ2v) is 2.75. The number of H-pyrrole nitrogens is 1. The number of aromatic nitrogens is 1. The van der Waals surface area contributed by atoms with Crippen LogP contribution >= 0.6 is 15.9 Å². The molecule has 0 aliphatic carbocycles. The molecule has 0 saturated heterocycles. The SMILES string of the molecule is CC.Cc1cc(Br)c[nH]c1=O. The van der Waals surface area contributed by atoms with Crippen molar-refractivity contribution in [2.75, 3.05) is 0 Å². The van der Waals surface area contributed by atoms with Gasteiger partial charge in [-0.3, -0.25) is 4.79 Å². The van der Waals surface area contributed by atoms with Crippen LogP contribution in [0, 0.1) is 6.92 Å². The Bertz CT molecular complexity index is 267. The highest BCUT2D eigenvalue weighted by Gasteiger charge is 1.90. The smallest absolute Gasteiger partial charge is 0.250 e.